The second kappa shape index (κ2) is 1.09. The number of hydrogen-bond acceptors (Lipinski definition) is 3. The summed E-state index contributed by atoms with van der Waals surface area (Å²) < 4.78 is 4.77. The van der Waals surface area contributed by atoms with Crippen molar-refractivity contribution in [1.82, 2.24) is 10.4 Å². The Labute approximate surface area is 45.2 Å². The molecule has 0 bridgehead atoms. The molecule has 1 radical (unpaired) electrons. The Morgan fingerprint density at radius 1 is 1.50 bits per heavy atom. The van der Waals surface area contributed by atoms with Crippen LogP contribution in [-0.2, 0) is 0 Å². The summed E-state index contributed by atoms with van der Waals surface area (Å²) in [5.74, 6) is 0.505. The fraction of sp³-hybridized carbons (Fsp3) is 0. The molecule has 0 saturated heterocycles. The van der Waals surface area contributed by atoms with E-state index in [2.05, 4.69) is 15.5 Å². The number of fused-ring (bicyclic) bond motifs is 1. The molecule has 0 unspecified atom stereocenters. The van der Waals surface area contributed by atoms with Gasteiger partial charge in [0.25, 0.3) is 5.88 Å². The molecule has 1 aliphatic rings. The van der Waals surface area contributed by atoms with Crippen LogP contribution in [0.4, 0.5) is 5.88 Å². The van der Waals surface area contributed by atoms with Gasteiger partial charge in [-0.2, -0.15) is 5.10 Å². The molecule has 2 rings (SSSR count). The molecule has 1 aliphatic heterocycles. The maximum absolute atomic E-state index is 4.77. The largest absolute Gasteiger partial charge is 0.424 e. The van der Waals surface area contributed by atoms with Gasteiger partial charge in [0.15, 0.2) is 12.1 Å². The zero-order chi connectivity index (χ0) is 5.40. The first kappa shape index (κ1) is 3.65. The van der Waals surface area contributed by atoms with E-state index in [-0.39, 0.29) is 0 Å². The molecule has 4 heteroatoms. The van der Waals surface area contributed by atoms with Crippen molar-refractivity contribution in [2.45, 2.75) is 0 Å². The van der Waals surface area contributed by atoms with Crippen molar-refractivity contribution in [2.24, 2.45) is 5.10 Å². The number of nitrogens with zero attached hydrogens (tertiary/aromatic N) is 3. The molecule has 0 saturated carbocycles. The Balaban J connectivity index is 2.67. The van der Waals surface area contributed by atoms with E-state index in [9.17, 15) is 0 Å². The Morgan fingerprint density at radius 3 is 3.38 bits per heavy atom. The molecule has 4 nitrogen and oxygen atoms in total. The standard InChI is InChI=1S/C4H2N3O/c1-3-4(7-6-1)8-2-5-3/h1-2H. The molecule has 0 spiro atoms. The molecular formula is C4H2N3O. The zero-order valence-electron chi connectivity index (χ0n) is 3.90. The van der Waals surface area contributed by atoms with E-state index < -0.39 is 0 Å². The predicted octanol–water partition coefficient (Wildman–Crippen LogP) is 0.258. The highest BCUT2D eigenvalue weighted by atomic mass is 16.4. The lowest BCUT2D eigenvalue weighted by molar-refractivity contribution is 0.539. The minimum atomic E-state index is 0.505. The van der Waals surface area contributed by atoms with Crippen molar-refractivity contribution in [1.29, 1.82) is 0 Å². The maximum atomic E-state index is 4.77. The van der Waals surface area contributed by atoms with Gasteiger partial charge in [0, 0.05) is 0 Å². The smallest absolute Gasteiger partial charge is 0.267 e. The van der Waals surface area contributed by atoms with E-state index >= 15 is 0 Å². The van der Waals surface area contributed by atoms with E-state index in [1.54, 1.807) is 6.21 Å². The van der Waals surface area contributed by atoms with Crippen LogP contribution in [0.15, 0.2) is 15.9 Å². The average Bonchev–Trinajstić information content (AvgIpc) is 2.15. The Bertz CT molecular complexity index is 227. The average molecular weight is 108 g/mol. The molecule has 8 heavy (non-hydrogen) atoms. The molecule has 0 N–H and O–H groups in total. The third-order valence-electron chi connectivity index (χ3n) is 0.904. The molecule has 0 aliphatic carbocycles. The number of oxazole rings is 1. The van der Waals surface area contributed by atoms with Crippen molar-refractivity contribution < 1.29 is 4.42 Å². The normalized spacial score (nSPS) is 13.5. The lowest BCUT2D eigenvalue weighted by atomic mass is 10.5. The lowest BCUT2D eigenvalue weighted by Crippen LogP contribution is -1.74. The molecule has 1 aromatic heterocycles. The highest BCUT2D eigenvalue weighted by Crippen LogP contribution is 2.14. The van der Waals surface area contributed by atoms with Crippen LogP contribution in [0.2, 0.25) is 0 Å². The first-order valence-corrected chi connectivity index (χ1v) is 2.14. The Morgan fingerprint density at radius 2 is 2.50 bits per heavy atom. The van der Waals surface area contributed by atoms with Gasteiger partial charge in [-0.3, -0.25) is 0 Å². The van der Waals surface area contributed by atoms with Crippen molar-refractivity contribution in [2.75, 3.05) is 0 Å². The Hall–Kier alpha value is -1.32. The monoisotopic (exact) mass is 108 g/mol. The summed E-state index contributed by atoms with van der Waals surface area (Å²) in [4.78, 5) is 3.79. The van der Waals surface area contributed by atoms with Crippen LogP contribution in [0.1, 0.15) is 5.69 Å². The van der Waals surface area contributed by atoms with Gasteiger partial charge < -0.3 is 4.42 Å². The van der Waals surface area contributed by atoms with Crippen LogP contribution in [0, 0.1) is 0 Å². The number of aromatic nitrogens is 1. The summed E-state index contributed by atoms with van der Waals surface area (Å²) in [5.41, 5.74) is 4.31. The SMILES string of the molecule is C1=N[N]c2ocnc21. The fourth-order valence-corrected chi connectivity index (χ4v) is 0.548. The quantitative estimate of drug-likeness (QED) is 0.478. The highest BCUT2D eigenvalue weighted by Gasteiger charge is 2.10. The van der Waals surface area contributed by atoms with Gasteiger partial charge in [-0.1, -0.05) is 0 Å². The van der Waals surface area contributed by atoms with Crippen molar-refractivity contribution >= 4 is 12.1 Å². The van der Waals surface area contributed by atoms with E-state index in [4.69, 9.17) is 4.42 Å². The summed E-state index contributed by atoms with van der Waals surface area (Å²) >= 11 is 0. The second-order valence-electron chi connectivity index (χ2n) is 1.39. The Kier molecular flexibility index (Phi) is 0.498. The molecule has 2 heterocycles. The summed E-state index contributed by atoms with van der Waals surface area (Å²) in [5, 5.41) is 3.56. The first-order chi connectivity index (χ1) is 3.97. The summed E-state index contributed by atoms with van der Waals surface area (Å²) in [6, 6.07) is 0. The van der Waals surface area contributed by atoms with Crippen LogP contribution in [0.5, 0.6) is 0 Å². The van der Waals surface area contributed by atoms with Crippen LogP contribution >= 0.6 is 0 Å². The van der Waals surface area contributed by atoms with Crippen molar-refractivity contribution in [3.63, 3.8) is 0 Å². The van der Waals surface area contributed by atoms with Crippen molar-refractivity contribution in [3.8, 4) is 0 Å². The fourth-order valence-electron chi connectivity index (χ4n) is 0.548. The van der Waals surface area contributed by atoms with Gasteiger partial charge in [0.1, 0.15) is 0 Å². The van der Waals surface area contributed by atoms with Gasteiger partial charge in [0.2, 0.25) is 0 Å². The van der Waals surface area contributed by atoms with Gasteiger partial charge in [-0.05, 0) is 0 Å². The van der Waals surface area contributed by atoms with Crippen LogP contribution in [-0.4, -0.2) is 11.2 Å². The summed E-state index contributed by atoms with van der Waals surface area (Å²) in [6.45, 7) is 0. The molecule has 0 aromatic carbocycles. The van der Waals surface area contributed by atoms with Crippen LogP contribution in [0.3, 0.4) is 0 Å². The molecule has 39 valence electrons. The van der Waals surface area contributed by atoms with Gasteiger partial charge in [-0.15, -0.1) is 5.43 Å². The molecule has 0 fully saturated rings. The van der Waals surface area contributed by atoms with E-state index in [1.807, 2.05) is 0 Å². The minimum absolute atomic E-state index is 0.505. The zero-order valence-corrected chi connectivity index (χ0v) is 3.90. The van der Waals surface area contributed by atoms with Gasteiger partial charge >= 0.3 is 0 Å². The predicted molar refractivity (Wildman–Crippen MR) is 25.9 cm³/mol. The molecular weight excluding hydrogens is 106 g/mol. The van der Waals surface area contributed by atoms with Gasteiger partial charge in [0.05, 0.1) is 6.21 Å². The minimum Gasteiger partial charge on any atom is -0.424 e. The second-order valence-corrected chi connectivity index (χ2v) is 1.39. The van der Waals surface area contributed by atoms with Crippen LogP contribution in [0.25, 0.3) is 0 Å². The van der Waals surface area contributed by atoms with E-state index in [1.165, 1.54) is 6.39 Å². The van der Waals surface area contributed by atoms with Gasteiger partial charge in [-0.25, -0.2) is 4.98 Å². The lowest BCUT2D eigenvalue weighted by Gasteiger charge is -1.75. The van der Waals surface area contributed by atoms with Crippen LogP contribution < -0.4 is 5.43 Å². The third kappa shape index (κ3) is 0.294. The molecule has 1 aromatic rings. The molecule has 0 amide bonds. The highest BCUT2D eigenvalue weighted by molar-refractivity contribution is 5.84. The number of rotatable bonds is 0. The van der Waals surface area contributed by atoms with E-state index in [0.29, 0.717) is 11.6 Å². The third-order valence-corrected chi connectivity index (χ3v) is 0.904. The summed E-state index contributed by atoms with van der Waals surface area (Å²) in [7, 11) is 0. The topological polar surface area (TPSA) is 52.5 Å². The maximum Gasteiger partial charge on any atom is 0.267 e. The van der Waals surface area contributed by atoms with E-state index in [0.717, 1.165) is 0 Å². The number of hydrogen-bond donors (Lipinski definition) is 0. The first-order valence-electron chi connectivity index (χ1n) is 2.14. The summed E-state index contributed by atoms with van der Waals surface area (Å²) in [6.07, 6.45) is 2.90. The molecule has 0 atom stereocenters. The van der Waals surface area contributed by atoms with Crippen molar-refractivity contribution in [3.05, 3.63) is 12.1 Å².